The molecule has 0 saturated heterocycles. The molecule has 0 N–H and O–H groups in total. The van der Waals surface area contributed by atoms with Crippen molar-refractivity contribution in [3.05, 3.63) is 12.2 Å². The molecule has 0 amide bonds. The monoisotopic (exact) mass is 480 g/mol. The maximum absolute atomic E-state index is 11.6. The van der Waals surface area contributed by atoms with Gasteiger partial charge in [-0.1, -0.05) is 142 Å². The molecule has 202 valence electrons. The summed E-state index contributed by atoms with van der Waals surface area (Å²) in [7, 11) is 0. The van der Waals surface area contributed by atoms with Gasteiger partial charge in [0.05, 0.1) is 13.2 Å². The summed E-state index contributed by atoms with van der Waals surface area (Å²) in [4.78, 5) is 11.6. The third-order valence-electron chi connectivity index (χ3n) is 6.52. The lowest BCUT2D eigenvalue weighted by Crippen LogP contribution is -2.09. The van der Waals surface area contributed by atoms with E-state index in [0.717, 1.165) is 31.6 Å². The van der Waals surface area contributed by atoms with Gasteiger partial charge in [-0.15, -0.1) is 0 Å². The van der Waals surface area contributed by atoms with Crippen LogP contribution in [0.25, 0.3) is 0 Å². The van der Waals surface area contributed by atoms with Crippen molar-refractivity contribution in [1.29, 1.82) is 0 Å². The van der Waals surface area contributed by atoms with Crippen molar-refractivity contribution in [2.24, 2.45) is 5.92 Å². The maximum Gasteiger partial charge on any atom is 0.508 e. The largest absolute Gasteiger partial charge is 0.508 e. The Bertz CT molecular complexity index is 430. The van der Waals surface area contributed by atoms with E-state index >= 15 is 0 Å². The first-order valence-electron chi connectivity index (χ1n) is 15.1. The normalized spacial score (nSPS) is 11.5. The minimum atomic E-state index is -0.483. The molecule has 0 radical (unpaired) electrons. The molecule has 34 heavy (non-hydrogen) atoms. The van der Waals surface area contributed by atoms with Crippen molar-refractivity contribution < 1.29 is 14.3 Å². The minimum absolute atomic E-state index is 0.483. The molecule has 0 heterocycles. The fourth-order valence-electron chi connectivity index (χ4n) is 4.23. The molecule has 0 bridgehead atoms. The Morgan fingerprint density at radius 1 is 0.559 bits per heavy atom. The van der Waals surface area contributed by atoms with Crippen LogP contribution in [0, 0.1) is 5.92 Å². The van der Waals surface area contributed by atoms with Crippen LogP contribution >= 0.6 is 0 Å². The Hall–Kier alpha value is -0.990. The van der Waals surface area contributed by atoms with Crippen LogP contribution in [0.4, 0.5) is 4.79 Å². The van der Waals surface area contributed by atoms with Gasteiger partial charge in [0.15, 0.2) is 0 Å². The zero-order valence-electron chi connectivity index (χ0n) is 23.4. The van der Waals surface area contributed by atoms with Crippen LogP contribution in [0.15, 0.2) is 12.2 Å². The van der Waals surface area contributed by atoms with Gasteiger partial charge in [0, 0.05) is 0 Å². The number of ether oxygens (including phenoxy) is 2. The molecule has 0 aromatic heterocycles. The summed E-state index contributed by atoms with van der Waals surface area (Å²) in [5.74, 6) is 0.860. The van der Waals surface area contributed by atoms with Crippen LogP contribution in [-0.2, 0) is 9.47 Å². The molecule has 0 fully saturated rings. The Morgan fingerprint density at radius 3 is 1.38 bits per heavy atom. The molecule has 3 nitrogen and oxygen atoms in total. The van der Waals surface area contributed by atoms with Gasteiger partial charge in [0.2, 0.25) is 0 Å². The molecule has 0 atom stereocenters. The van der Waals surface area contributed by atoms with E-state index < -0.39 is 6.16 Å². The molecule has 0 spiro atoms. The molecule has 0 aromatic rings. The summed E-state index contributed by atoms with van der Waals surface area (Å²) in [5.41, 5.74) is 0. The van der Waals surface area contributed by atoms with Crippen LogP contribution in [0.1, 0.15) is 162 Å². The number of carbonyl (C=O) groups excluding carboxylic acids is 1. The van der Waals surface area contributed by atoms with Gasteiger partial charge in [-0.2, -0.15) is 0 Å². The predicted molar refractivity (Wildman–Crippen MR) is 149 cm³/mol. The highest BCUT2D eigenvalue weighted by Gasteiger charge is 2.03. The molecule has 0 aliphatic rings. The summed E-state index contributed by atoms with van der Waals surface area (Å²) in [6, 6.07) is 0. The average Bonchev–Trinajstić information content (AvgIpc) is 2.82. The maximum atomic E-state index is 11.6. The van der Waals surface area contributed by atoms with Gasteiger partial charge >= 0.3 is 6.16 Å². The van der Waals surface area contributed by atoms with Gasteiger partial charge in [0.25, 0.3) is 0 Å². The van der Waals surface area contributed by atoms with E-state index in [2.05, 4.69) is 32.9 Å². The van der Waals surface area contributed by atoms with Crippen molar-refractivity contribution >= 4 is 6.16 Å². The lowest BCUT2D eigenvalue weighted by Gasteiger charge is -2.07. The second-order valence-electron chi connectivity index (χ2n) is 10.5. The second kappa shape index (κ2) is 28.2. The van der Waals surface area contributed by atoms with Gasteiger partial charge in [-0.25, -0.2) is 4.79 Å². The molecule has 3 heteroatoms. The van der Waals surface area contributed by atoms with Crippen LogP contribution in [0.5, 0.6) is 0 Å². The number of allylic oxidation sites excluding steroid dienone is 2. The number of hydrogen-bond acceptors (Lipinski definition) is 3. The minimum Gasteiger partial charge on any atom is -0.434 e. The Kier molecular flexibility index (Phi) is 27.4. The summed E-state index contributed by atoms with van der Waals surface area (Å²) >= 11 is 0. The third kappa shape index (κ3) is 29.0. The van der Waals surface area contributed by atoms with Crippen molar-refractivity contribution in [3.8, 4) is 0 Å². The lowest BCUT2D eigenvalue weighted by molar-refractivity contribution is 0.0529. The van der Waals surface area contributed by atoms with E-state index in [1.165, 1.54) is 116 Å². The van der Waals surface area contributed by atoms with Crippen molar-refractivity contribution in [2.45, 2.75) is 162 Å². The van der Waals surface area contributed by atoms with Crippen molar-refractivity contribution in [1.82, 2.24) is 0 Å². The Morgan fingerprint density at radius 2 is 0.941 bits per heavy atom. The highest BCUT2D eigenvalue weighted by molar-refractivity contribution is 5.59. The van der Waals surface area contributed by atoms with E-state index in [0.29, 0.717) is 13.2 Å². The summed E-state index contributed by atoms with van der Waals surface area (Å²) < 4.78 is 10.4. The fraction of sp³-hybridized carbons (Fsp3) is 0.903. The zero-order valence-corrected chi connectivity index (χ0v) is 23.4. The Balaban J connectivity index is 3.18. The van der Waals surface area contributed by atoms with Crippen molar-refractivity contribution in [2.75, 3.05) is 13.2 Å². The van der Waals surface area contributed by atoms with Crippen LogP contribution in [0.3, 0.4) is 0 Å². The molecule has 0 saturated carbocycles. The van der Waals surface area contributed by atoms with E-state index in [1.807, 2.05) is 0 Å². The first-order chi connectivity index (χ1) is 16.7. The topological polar surface area (TPSA) is 35.5 Å². The quantitative estimate of drug-likeness (QED) is 0.0701. The first-order valence-corrected chi connectivity index (χ1v) is 15.1. The molecule has 0 aromatic carbocycles. The van der Waals surface area contributed by atoms with Crippen LogP contribution < -0.4 is 0 Å². The van der Waals surface area contributed by atoms with Crippen molar-refractivity contribution in [3.63, 3.8) is 0 Å². The van der Waals surface area contributed by atoms with Gasteiger partial charge in [-0.05, 0) is 38.0 Å². The smallest absolute Gasteiger partial charge is 0.434 e. The number of carbonyl (C=O) groups is 1. The summed E-state index contributed by atoms with van der Waals surface area (Å²) in [6.07, 6.45) is 32.3. The number of unbranched alkanes of at least 4 members (excludes halogenated alkanes) is 18. The van der Waals surface area contributed by atoms with Gasteiger partial charge < -0.3 is 9.47 Å². The number of rotatable bonds is 26. The number of hydrogen-bond donors (Lipinski definition) is 0. The third-order valence-corrected chi connectivity index (χ3v) is 6.52. The zero-order chi connectivity index (χ0) is 25.0. The molecule has 0 rings (SSSR count). The molecule has 0 unspecified atom stereocenters. The van der Waals surface area contributed by atoms with E-state index in [1.54, 1.807) is 0 Å². The SMILES string of the molecule is CCCCC=CCCCCCCCCOC(=O)OCCCCCCCCCCCCCC(C)C. The molecular weight excluding hydrogens is 420 g/mol. The molecule has 0 aliphatic carbocycles. The molecular formula is C31H60O3. The van der Waals surface area contributed by atoms with E-state index in [-0.39, 0.29) is 0 Å². The second-order valence-corrected chi connectivity index (χ2v) is 10.5. The fourth-order valence-corrected chi connectivity index (χ4v) is 4.23. The molecule has 0 aliphatic heterocycles. The highest BCUT2D eigenvalue weighted by atomic mass is 16.7. The van der Waals surface area contributed by atoms with Gasteiger partial charge in [-0.3, -0.25) is 0 Å². The predicted octanol–water partition coefficient (Wildman–Crippen LogP) is 11.0. The lowest BCUT2D eigenvalue weighted by atomic mass is 10.0. The van der Waals surface area contributed by atoms with E-state index in [4.69, 9.17) is 9.47 Å². The standard InChI is InChI=1S/C31H60O3/c1-4-5-6-7-8-9-10-13-16-19-22-25-28-33-31(32)34-29-26-23-20-17-14-11-12-15-18-21-24-27-30(2)3/h7-8,30H,4-6,9-29H2,1-3H3. The summed E-state index contributed by atoms with van der Waals surface area (Å²) in [5, 5.41) is 0. The summed E-state index contributed by atoms with van der Waals surface area (Å²) in [6.45, 7) is 7.87. The van der Waals surface area contributed by atoms with Crippen LogP contribution in [0.2, 0.25) is 0 Å². The van der Waals surface area contributed by atoms with Gasteiger partial charge in [0.1, 0.15) is 0 Å². The van der Waals surface area contributed by atoms with E-state index in [9.17, 15) is 4.79 Å². The van der Waals surface area contributed by atoms with Crippen LogP contribution in [-0.4, -0.2) is 19.4 Å². The average molecular weight is 481 g/mol. The first kappa shape index (κ1) is 33.0. The highest BCUT2D eigenvalue weighted by Crippen LogP contribution is 2.14. The Labute approximate surface area is 213 Å².